The van der Waals surface area contributed by atoms with Gasteiger partial charge in [0, 0.05) is 0 Å². The first kappa shape index (κ1) is 24.0. The zero-order valence-electron chi connectivity index (χ0n) is 19.1. The van der Waals surface area contributed by atoms with Crippen molar-refractivity contribution >= 4 is 0 Å². The highest BCUT2D eigenvalue weighted by Crippen LogP contribution is 2.28. The van der Waals surface area contributed by atoms with Gasteiger partial charge in [-0.15, -0.1) is 0 Å². The Kier molecular flexibility index (Phi) is 12.1. The zero-order chi connectivity index (χ0) is 20.6. The second-order valence-corrected chi connectivity index (χ2v) is 8.97. The SMILES string of the molecule is CCCCCCCCCCC/C=C/CCCCc1ccccc1OCC1(C)CO1. The maximum Gasteiger partial charge on any atom is 0.123 e. The van der Waals surface area contributed by atoms with Gasteiger partial charge in [-0.1, -0.05) is 88.6 Å². The van der Waals surface area contributed by atoms with Gasteiger partial charge in [0.05, 0.1) is 6.61 Å². The van der Waals surface area contributed by atoms with Crippen molar-refractivity contribution < 1.29 is 9.47 Å². The molecular formula is C27H44O2. The first-order valence-corrected chi connectivity index (χ1v) is 12.2. The highest BCUT2D eigenvalue weighted by molar-refractivity contribution is 5.33. The van der Waals surface area contributed by atoms with Crippen LogP contribution < -0.4 is 4.74 Å². The van der Waals surface area contributed by atoms with Gasteiger partial charge in [-0.05, 0) is 57.1 Å². The lowest BCUT2D eigenvalue weighted by Gasteiger charge is -2.13. The van der Waals surface area contributed by atoms with Crippen LogP contribution in [0.15, 0.2) is 36.4 Å². The number of hydrogen-bond donors (Lipinski definition) is 0. The molecule has 1 aromatic rings. The Morgan fingerprint density at radius 3 is 2.10 bits per heavy atom. The molecule has 1 heterocycles. The van der Waals surface area contributed by atoms with Crippen molar-refractivity contribution in [1.82, 2.24) is 0 Å². The molecule has 1 saturated heterocycles. The lowest BCUT2D eigenvalue weighted by molar-refractivity contribution is 0.201. The van der Waals surface area contributed by atoms with Crippen LogP contribution >= 0.6 is 0 Å². The molecule has 1 aromatic carbocycles. The number of allylic oxidation sites excluding steroid dienone is 2. The van der Waals surface area contributed by atoms with E-state index in [1.807, 2.05) is 0 Å². The topological polar surface area (TPSA) is 21.8 Å². The van der Waals surface area contributed by atoms with Crippen LogP contribution in [-0.2, 0) is 11.2 Å². The van der Waals surface area contributed by atoms with Crippen molar-refractivity contribution in [1.29, 1.82) is 0 Å². The summed E-state index contributed by atoms with van der Waals surface area (Å²) in [5.74, 6) is 1.03. The molecule has 29 heavy (non-hydrogen) atoms. The third-order valence-electron chi connectivity index (χ3n) is 5.85. The summed E-state index contributed by atoms with van der Waals surface area (Å²) in [6.07, 6.45) is 23.5. The van der Waals surface area contributed by atoms with Gasteiger partial charge in [-0.25, -0.2) is 0 Å². The van der Waals surface area contributed by atoms with Gasteiger partial charge in [0.1, 0.15) is 18.0 Å². The number of benzene rings is 1. The van der Waals surface area contributed by atoms with E-state index in [1.54, 1.807) is 0 Å². The van der Waals surface area contributed by atoms with Crippen LogP contribution in [0.1, 0.15) is 103 Å². The maximum absolute atomic E-state index is 6.00. The van der Waals surface area contributed by atoms with E-state index in [0.29, 0.717) is 6.61 Å². The molecule has 0 amide bonds. The van der Waals surface area contributed by atoms with Crippen molar-refractivity contribution in [3.05, 3.63) is 42.0 Å². The normalized spacial score (nSPS) is 18.4. The van der Waals surface area contributed by atoms with Crippen LogP contribution in [0.25, 0.3) is 0 Å². The van der Waals surface area contributed by atoms with E-state index in [1.165, 1.54) is 89.0 Å². The maximum atomic E-state index is 6.00. The third kappa shape index (κ3) is 11.5. The predicted octanol–water partition coefficient (Wildman–Crippen LogP) is 8.04. The largest absolute Gasteiger partial charge is 0.490 e. The molecule has 2 heteroatoms. The molecule has 0 aliphatic carbocycles. The molecule has 0 N–H and O–H groups in total. The van der Waals surface area contributed by atoms with Crippen molar-refractivity contribution in [2.45, 2.75) is 109 Å². The average molecular weight is 401 g/mol. The summed E-state index contributed by atoms with van der Waals surface area (Å²) < 4.78 is 11.4. The van der Waals surface area contributed by atoms with Crippen molar-refractivity contribution in [3.63, 3.8) is 0 Å². The molecule has 1 aliphatic rings. The lowest BCUT2D eigenvalue weighted by Crippen LogP contribution is -2.17. The average Bonchev–Trinajstić information content (AvgIpc) is 3.47. The van der Waals surface area contributed by atoms with Crippen molar-refractivity contribution in [2.24, 2.45) is 0 Å². The van der Waals surface area contributed by atoms with E-state index in [2.05, 4.69) is 50.3 Å². The fraction of sp³-hybridized carbons (Fsp3) is 0.704. The van der Waals surface area contributed by atoms with Crippen LogP contribution in [0.2, 0.25) is 0 Å². The Balaban J connectivity index is 1.44. The predicted molar refractivity (Wildman–Crippen MR) is 125 cm³/mol. The molecular weight excluding hydrogens is 356 g/mol. The minimum atomic E-state index is -0.0491. The number of hydrogen-bond acceptors (Lipinski definition) is 2. The Morgan fingerprint density at radius 2 is 1.45 bits per heavy atom. The van der Waals surface area contributed by atoms with E-state index in [4.69, 9.17) is 9.47 Å². The molecule has 0 aromatic heterocycles. The smallest absolute Gasteiger partial charge is 0.123 e. The van der Waals surface area contributed by atoms with Crippen molar-refractivity contribution in [2.75, 3.05) is 13.2 Å². The highest BCUT2D eigenvalue weighted by atomic mass is 16.6. The summed E-state index contributed by atoms with van der Waals surface area (Å²) >= 11 is 0. The van der Waals surface area contributed by atoms with Gasteiger partial charge in [0.15, 0.2) is 0 Å². The number of rotatable bonds is 18. The summed E-state index contributed by atoms with van der Waals surface area (Å²) in [6.45, 7) is 5.87. The quantitative estimate of drug-likeness (QED) is 0.141. The van der Waals surface area contributed by atoms with Gasteiger partial charge >= 0.3 is 0 Å². The molecule has 1 aliphatic heterocycles. The molecule has 0 radical (unpaired) electrons. The standard InChI is InChI=1S/C27H44O2/c1-3-4-5-6-7-8-9-10-11-12-13-14-15-16-17-20-25-21-18-19-22-26(25)28-23-27(2)24-29-27/h13-14,18-19,21-22H,3-12,15-17,20,23-24H2,1-2H3/b14-13+. The number of unbranched alkanes of at least 4 members (excludes halogenated alkanes) is 11. The second kappa shape index (κ2) is 14.7. The van der Waals surface area contributed by atoms with Crippen molar-refractivity contribution in [3.8, 4) is 5.75 Å². The Morgan fingerprint density at radius 1 is 0.862 bits per heavy atom. The van der Waals surface area contributed by atoms with Crippen LogP contribution in [0.4, 0.5) is 0 Å². The molecule has 1 fully saturated rings. The Hall–Kier alpha value is -1.28. The molecule has 0 saturated carbocycles. The zero-order valence-corrected chi connectivity index (χ0v) is 19.1. The summed E-state index contributed by atoms with van der Waals surface area (Å²) in [7, 11) is 0. The molecule has 0 bridgehead atoms. The van der Waals surface area contributed by atoms with Gasteiger partial charge < -0.3 is 9.47 Å². The van der Waals surface area contributed by atoms with Gasteiger partial charge in [-0.2, -0.15) is 0 Å². The number of ether oxygens (including phenoxy) is 2. The van der Waals surface area contributed by atoms with Crippen LogP contribution in [0.3, 0.4) is 0 Å². The molecule has 2 nitrogen and oxygen atoms in total. The summed E-state index contributed by atoms with van der Waals surface area (Å²) in [4.78, 5) is 0. The molecule has 0 spiro atoms. The van der Waals surface area contributed by atoms with Gasteiger partial charge in [0.2, 0.25) is 0 Å². The number of aryl methyl sites for hydroxylation is 1. The molecule has 164 valence electrons. The number of epoxide rings is 1. The monoisotopic (exact) mass is 400 g/mol. The number of para-hydroxylation sites is 1. The fourth-order valence-corrected chi connectivity index (χ4v) is 3.67. The van der Waals surface area contributed by atoms with Crippen LogP contribution in [0, 0.1) is 0 Å². The summed E-state index contributed by atoms with van der Waals surface area (Å²) in [5.41, 5.74) is 1.28. The van der Waals surface area contributed by atoms with Gasteiger partial charge in [0.25, 0.3) is 0 Å². The van der Waals surface area contributed by atoms with Crippen LogP contribution in [-0.4, -0.2) is 18.8 Å². The fourth-order valence-electron chi connectivity index (χ4n) is 3.67. The van der Waals surface area contributed by atoms with E-state index < -0.39 is 0 Å². The highest BCUT2D eigenvalue weighted by Gasteiger charge is 2.40. The van der Waals surface area contributed by atoms with Crippen LogP contribution in [0.5, 0.6) is 5.75 Å². The third-order valence-corrected chi connectivity index (χ3v) is 5.85. The molecule has 1 atom stereocenters. The minimum Gasteiger partial charge on any atom is -0.490 e. The molecule has 2 rings (SSSR count). The first-order chi connectivity index (χ1) is 14.2. The van der Waals surface area contributed by atoms with E-state index in [-0.39, 0.29) is 5.60 Å². The Bertz CT molecular complexity index is 559. The lowest BCUT2D eigenvalue weighted by atomic mass is 10.0. The van der Waals surface area contributed by atoms with E-state index in [0.717, 1.165) is 18.8 Å². The summed E-state index contributed by atoms with van der Waals surface area (Å²) in [5, 5.41) is 0. The first-order valence-electron chi connectivity index (χ1n) is 12.2. The second-order valence-electron chi connectivity index (χ2n) is 8.97. The van der Waals surface area contributed by atoms with Gasteiger partial charge in [-0.3, -0.25) is 0 Å². The van der Waals surface area contributed by atoms with E-state index in [9.17, 15) is 0 Å². The molecule has 1 unspecified atom stereocenters. The minimum absolute atomic E-state index is 0.0491. The summed E-state index contributed by atoms with van der Waals surface area (Å²) in [6, 6.07) is 8.46. The Labute approximate surface area is 180 Å². The van der Waals surface area contributed by atoms with E-state index >= 15 is 0 Å².